The molecular weight excluding hydrogens is 360 g/mol. The van der Waals surface area contributed by atoms with Gasteiger partial charge in [0.15, 0.2) is 5.78 Å². The van der Waals surface area contributed by atoms with Crippen LogP contribution in [0.5, 0.6) is 11.5 Å². The number of cyclic esters (lactones) is 1. The molecule has 0 spiro atoms. The molecule has 28 heavy (non-hydrogen) atoms. The van der Waals surface area contributed by atoms with Crippen LogP contribution in [0, 0.1) is 0 Å². The molecule has 154 valence electrons. The van der Waals surface area contributed by atoms with Crippen LogP contribution in [0.3, 0.4) is 0 Å². The summed E-state index contributed by atoms with van der Waals surface area (Å²) in [5.41, 5.74) is -0.191. The molecule has 0 radical (unpaired) electrons. The molecule has 0 amide bonds. The summed E-state index contributed by atoms with van der Waals surface area (Å²) in [6.45, 7) is 3.29. The Labute approximate surface area is 166 Å². The van der Waals surface area contributed by atoms with Crippen LogP contribution in [-0.2, 0) is 14.3 Å². The first-order chi connectivity index (χ1) is 13.6. The third-order valence-electron chi connectivity index (χ3n) is 4.52. The topological polar surface area (TPSA) is 82.1 Å². The molecule has 0 aromatic heterocycles. The van der Waals surface area contributed by atoms with Crippen LogP contribution in [0.4, 0.5) is 0 Å². The summed E-state index contributed by atoms with van der Waals surface area (Å²) in [6, 6.07) is 7.61. The van der Waals surface area contributed by atoms with Gasteiger partial charge in [0.2, 0.25) is 0 Å². The molecule has 0 aliphatic carbocycles. The number of hydrogen-bond acceptors (Lipinski definition) is 6. The van der Waals surface area contributed by atoms with Gasteiger partial charge in [-0.05, 0) is 49.9 Å². The second-order valence-electron chi connectivity index (χ2n) is 6.86. The van der Waals surface area contributed by atoms with Gasteiger partial charge in [-0.25, -0.2) is 4.79 Å². The Balaban J connectivity index is 1.55. The van der Waals surface area contributed by atoms with Crippen LogP contribution < -0.4 is 9.47 Å². The van der Waals surface area contributed by atoms with E-state index >= 15 is 0 Å². The summed E-state index contributed by atoms with van der Waals surface area (Å²) < 4.78 is 16.0. The SMILES string of the molecule is CCCCCCOc1ccc(OCCCCCC(=O)C2=C(O)COC2=O)cc1. The highest BCUT2D eigenvalue weighted by atomic mass is 16.5. The first kappa shape index (κ1) is 21.8. The molecule has 1 heterocycles. The Bertz CT molecular complexity index is 662. The highest BCUT2D eigenvalue weighted by molar-refractivity contribution is 6.18. The van der Waals surface area contributed by atoms with Gasteiger partial charge in [0, 0.05) is 6.42 Å². The van der Waals surface area contributed by atoms with E-state index in [-0.39, 0.29) is 30.1 Å². The molecule has 6 nitrogen and oxygen atoms in total. The van der Waals surface area contributed by atoms with Crippen molar-refractivity contribution in [3.05, 3.63) is 35.6 Å². The van der Waals surface area contributed by atoms with Crippen molar-refractivity contribution in [2.75, 3.05) is 19.8 Å². The third-order valence-corrected chi connectivity index (χ3v) is 4.52. The molecule has 1 aromatic rings. The van der Waals surface area contributed by atoms with Gasteiger partial charge in [-0.3, -0.25) is 4.79 Å². The smallest absolute Gasteiger partial charge is 0.345 e. The van der Waals surface area contributed by atoms with E-state index in [1.807, 2.05) is 24.3 Å². The van der Waals surface area contributed by atoms with Crippen LogP contribution in [0.15, 0.2) is 35.6 Å². The minimum atomic E-state index is -0.723. The van der Waals surface area contributed by atoms with E-state index < -0.39 is 5.97 Å². The first-order valence-electron chi connectivity index (χ1n) is 10.1. The maximum atomic E-state index is 11.9. The van der Waals surface area contributed by atoms with Crippen molar-refractivity contribution in [2.24, 2.45) is 0 Å². The molecule has 0 saturated heterocycles. The van der Waals surface area contributed by atoms with Gasteiger partial charge in [0.1, 0.15) is 29.4 Å². The molecule has 1 aromatic carbocycles. The van der Waals surface area contributed by atoms with Crippen LogP contribution in [-0.4, -0.2) is 36.7 Å². The maximum absolute atomic E-state index is 11.9. The highest BCUT2D eigenvalue weighted by Crippen LogP contribution is 2.19. The zero-order valence-corrected chi connectivity index (χ0v) is 16.6. The van der Waals surface area contributed by atoms with Gasteiger partial charge in [-0.2, -0.15) is 0 Å². The van der Waals surface area contributed by atoms with Gasteiger partial charge >= 0.3 is 5.97 Å². The Morgan fingerprint density at radius 3 is 2.04 bits per heavy atom. The fourth-order valence-electron chi connectivity index (χ4n) is 2.90. The lowest BCUT2D eigenvalue weighted by Crippen LogP contribution is -2.11. The van der Waals surface area contributed by atoms with Gasteiger partial charge < -0.3 is 19.3 Å². The van der Waals surface area contributed by atoms with E-state index in [1.165, 1.54) is 19.3 Å². The van der Waals surface area contributed by atoms with Gasteiger partial charge in [-0.15, -0.1) is 0 Å². The lowest BCUT2D eigenvalue weighted by molar-refractivity contribution is -0.137. The predicted molar refractivity (Wildman–Crippen MR) is 106 cm³/mol. The number of benzene rings is 1. The molecule has 0 atom stereocenters. The third kappa shape index (κ3) is 7.25. The Morgan fingerprint density at radius 2 is 1.54 bits per heavy atom. The Hall–Kier alpha value is -2.50. The number of carbonyl (C=O) groups is 2. The maximum Gasteiger partial charge on any atom is 0.345 e. The highest BCUT2D eigenvalue weighted by Gasteiger charge is 2.29. The number of aliphatic hydroxyl groups is 1. The Kier molecular flexibility index (Phi) is 9.39. The fraction of sp³-hybridized carbons (Fsp3) is 0.545. The van der Waals surface area contributed by atoms with E-state index in [0.717, 1.165) is 37.4 Å². The molecule has 0 fully saturated rings. The normalized spacial score (nSPS) is 13.5. The molecule has 6 heteroatoms. The van der Waals surface area contributed by atoms with E-state index in [0.29, 0.717) is 13.0 Å². The van der Waals surface area contributed by atoms with E-state index in [2.05, 4.69) is 11.7 Å². The zero-order valence-electron chi connectivity index (χ0n) is 16.6. The number of unbranched alkanes of at least 4 members (excludes halogenated alkanes) is 5. The molecule has 1 N–H and O–H groups in total. The van der Waals surface area contributed by atoms with Crippen molar-refractivity contribution in [3.63, 3.8) is 0 Å². The average molecular weight is 390 g/mol. The quantitative estimate of drug-likeness (QED) is 0.286. The van der Waals surface area contributed by atoms with Gasteiger partial charge in [0.25, 0.3) is 0 Å². The number of rotatable bonds is 14. The number of ether oxygens (including phenoxy) is 3. The number of aliphatic hydroxyl groups excluding tert-OH is 1. The fourth-order valence-corrected chi connectivity index (χ4v) is 2.90. The molecule has 1 aliphatic heterocycles. The number of carbonyl (C=O) groups excluding carboxylic acids is 2. The molecule has 0 bridgehead atoms. The van der Waals surface area contributed by atoms with Crippen LogP contribution >= 0.6 is 0 Å². The van der Waals surface area contributed by atoms with Crippen LogP contribution in [0.2, 0.25) is 0 Å². The van der Waals surface area contributed by atoms with Crippen molar-refractivity contribution >= 4 is 11.8 Å². The van der Waals surface area contributed by atoms with E-state index in [1.54, 1.807) is 0 Å². The number of hydrogen-bond donors (Lipinski definition) is 1. The summed E-state index contributed by atoms with van der Waals surface area (Å²) in [6.07, 6.45) is 7.21. The van der Waals surface area contributed by atoms with Crippen molar-refractivity contribution in [1.29, 1.82) is 0 Å². The average Bonchev–Trinajstić information content (AvgIpc) is 3.03. The largest absolute Gasteiger partial charge is 0.508 e. The summed E-state index contributed by atoms with van der Waals surface area (Å²) in [5.74, 6) is 0.306. The van der Waals surface area contributed by atoms with E-state index in [4.69, 9.17) is 9.47 Å². The standard InChI is InChI=1S/C22H30O6/c1-2-3-4-7-14-26-17-10-12-18(13-11-17)27-15-8-5-6-9-19(23)21-20(24)16-28-22(21)25/h10-13,24H,2-9,14-16H2,1H3. The molecule has 0 saturated carbocycles. The van der Waals surface area contributed by atoms with Crippen molar-refractivity contribution in [3.8, 4) is 11.5 Å². The van der Waals surface area contributed by atoms with Gasteiger partial charge in [0.05, 0.1) is 13.2 Å². The monoisotopic (exact) mass is 390 g/mol. The van der Waals surface area contributed by atoms with Crippen molar-refractivity contribution in [1.82, 2.24) is 0 Å². The second-order valence-corrected chi connectivity index (χ2v) is 6.86. The summed E-state index contributed by atoms with van der Waals surface area (Å²) in [5, 5.41) is 9.48. The predicted octanol–water partition coefficient (Wildman–Crippen LogP) is 4.52. The first-order valence-corrected chi connectivity index (χ1v) is 10.1. The zero-order chi connectivity index (χ0) is 20.2. The Morgan fingerprint density at radius 1 is 0.964 bits per heavy atom. The van der Waals surface area contributed by atoms with Gasteiger partial charge in [-0.1, -0.05) is 26.2 Å². The number of Topliss-reactive ketones (excluding diaryl/α,β-unsaturated/α-hetero) is 1. The molecule has 2 rings (SSSR count). The van der Waals surface area contributed by atoms with E-state index in [9.17, 15) is 14.7 Å². The minimum Gasteiger partial charge on any atom is -0.508 e. The molecule has 0 unspecified atom stereocenters. The minimum absolute atomic E-state index is 0.191. The van der Waals surface area contributed by atoms with Crippen LogP contribution in [0.1, 0.15) is 58.3 Å². The number of esters is 1. The summed E-state index contributed by atoms with van der Waals surface area (Å²) in [4.78, 5) is 23.3. The van der Waals surface area contributed by atoms with Crippen LogP contribution in [0.25, 0.3) is 0 Å². The molecule has 1 aliphatic rings. The number of ketones is 1. The lowest BCUT2D eigenvalue weighted by Gasteiger charge is -2.09. The summed E-state index contributed by atoms with van der Waals surface area (Å²) >= 11 is 0. The molecular formula is C22H30O6. The lowest BCUT2D eigenvalue weighted by atomic mass is 10.0. The second kappa shape index (κ2) is 12.1. The summed E-state index contributed by atoms with van der Waals surface area (Å²) in [7, 11) is 0. The van der Waals surface area contributed by atoms with Crippen molar-refractivity contribution in [2.45, 2.75) is 58.3 Å². The van der Waals surface area contributed by atoms with Crippen molar-refractivity contribution < 1.29 is 28.9 Å².